The van der Waals surface area contributed by atoms with Gasteiger partial charge in [0.05, 0.1) is 37.8 Å². The van der Waals surface area contributed by atoms with Crippen LogP contribution in [-0.4, -0.2) is 60.8 Å². The third kappa shape index (κ3) is 4.03. The predicted octanol–water partition coefficient (Wildman–Crippen LogP) is 3.38. The summed E-state index contributed by atoms with van der Waals surface area (Å²) in [5.41, 5.74) is -0.230. The molecule has 2 bridgehead atoms. The molecule has 182 valence electrons. The standard InChI is InChI=1S/C23H27ClFN5O4/c1-10(2)30-15-6-11(5-13(25)19(15)28-21(30)23(3,4)32)18-12(24)8-26-22(29-18)27-14-7-17-33-9-16(34-17)20(14)31/h5-6,8,10,14,16-17,20,31-32H,7,9H2,1-4H3,(H,26,27,29)/t14-,16+,17+,20+/m1/s1/i7D,9D2/t7-,14+,16-,17-,20-/m0. The number of ether oxygens (including phenoxy) is 2. The highest BCUT2D eigenvalue weighted by molar-refractivity contribution is 6.33. The molecule has 11 heteroatoms. The second-order valence-corrected chi connectivity index (χ2v) is 9.60. The van der Waals surface area contributed by atoms with Crippen molar-refractivity contribution in [2.45, 2.75) is 70.3 Å². The topological polar surface area (TPSA) is 115 Å². The van der Waals surface area contributed by atoms with Crippen LogP contribution < -0.4 is 5.32 Å². The van der Waals surface area contributed by atoms with Gasteiger partial charge in [0.2, 0.25) is 5.95 Å². The lowest BCUT2D eigenvalue weighted by molar-refractivity contribution is -0.123. The largest absolute Gasteiger partial charge is 0.388 e. The fourth-order valence-electron chi connectivity index (χ4n) is 4.21. The van der Waals surface area contributed by atoms with Crippen molar-refractivity contribution in [3.63, 3.8) is 0 Å². The molecule has 2 aliphatic rings. The summed E-state index contributed by atoms with van der Waals surface area (Å²) in [6, 6.07) is 1.77. The van der Waals surface area contributed by atoms with Crippen LogP contribution in [0.3, 0.4) is 0 Å². The minimum absolute atomic E-state index is 0.00221. The van der Waals surface area contributed by atoms with Gasteiger partial charge in [-0.3, -0.25) is 0 Å². The van der Waals surface area contributed by atoms with Crippen LogP contribution in [0, 0.1) is 5.82 Å². The van der Waals surface area contributed by atoms with Crippen molar-refractivity contribution in [1.82, 2.24) is 19.5 Å². The lowest BCUT2D eigenvalue weighted by Gasteiger charge is -2.32. The molecule has 0 radical (unpaired) electrons. The first kappa shape index (κ1) is 19.9. The lowest BCUT2D eigenvalue weighted by Crippen LogP contribution is -2.48. The number of aromatic nitrogens is 4. The second-order valence-electron chi connectivity index (χ2n) is 9.19. The van der Waals surface area contributed by atoms with Gasteiger partial charge in [0.1, 0.15) is 29.2 Å². The van der Waals surface area contributed by atoms with Gasteiger partial charge in [0, 0.05) is 19.4 Å². The predicted molar refractivity (Wildman–Crippen MR) is 124 cm³/mol. The summed E-state index contributed by atoms with van der Waals surface area (Å²) >= 11 is 6.39. The quantitative estimate of drug-likeness (QED) is 0.494. The van der Waals surface area contributed by atoms with E-state index in [4.69, 9.17) is 25.2 Å². The molecule has 0 saturated carbocycles. The number of fused-ring (bicyclic) bond motifs is 3. The Bertz CT molecular complexity index is 1370. The van der Waals surface area contributed by atoms with Crippen LogP contribution in [0.25, 0.3) is 22.3 Å². The van der Waals surface area contributed by atoms with Crippen molar-refractivity contribution < 1.29 is 28.2 Å². The number of aliphatic hydroxyl groups is 2. The molecule has 3 aromatic rings. The van der Waals surface area contributed by atoms with Crippen molar-refractivity contribution in [1.29, 1.82) is 0 Å². The molecule has 2 fully saturated rings. The van der Waals surface area contributed by atoms with Gasteiger partial charge in [0.15, 0.2) is 12.1 Å². The first-order valence-corrected chi connectivity index (χ1v) is 11.2. The van der Waals surface area contributed by atoms with Gasteiger partial charge in [-0.25, -0.2) is 19.3 Å². The first-order chi connectivity index (χ1) is 17.2. The highest BCUT2D eigenvalue weighted by Crippen LogP contribution is 2.35. The number of anilines is 1. The number of aliphatic hydroxyl groups excluding tert-OH is 1. The summed E-state index contributed by atoms with van der Waals surface area (Å²) < 4.78 is 51.6. The van der Waals surface area contributed by atoms with E-state index >= 15 is 4.39 Å². The summed E-state index contributed by atoms with van der Waals surface area (Å²) in [6.07, 6.45) is -3.76. The fourth-order valence-corrected chi connectivity index (χ4v) is 4.41. The molecule has 0 spiro atoms. The maximum atomic E-state index is 15.3. The van der Waals surface area contributed by atoms with Gasteiger partial charge in [-0.1, -0.05) is 11.6 Å². The number of hydrogen-bond acceptors (Lipinski definition) is 8. The Hall–Kier alpha value is -2.37. The highest BCUT2D eigenvalue weighted by Gasteiger charge is 2.43. The number of nitrogens with zero attached hydrogens (tertiary/aromatic N) is 4. The molecular weight excluding hydrogens is 465 g/mol. The van der Waals surface area contributed by atoms with Gasteiger partial charge < -0.3 is 29.6 Å². The SMILES string of the molecule is [2H][C@@H]1[C@@H]2O[C@H]([C@@H](O)[C@@H]1Nc1ncc(Cl)c(-c3cc(F)c4nc(C(C)(C)O)n(C(C)C)c4c3)n1)C([2H])([2H])O2. The van der Waals surface area contributed by atoms with Crippen molar-refractivity contribution in [3.8, 4) is 11.3 Å². The average Bonchev–Trinajstić information content (AvgIpc) is 3.33. The second kappa shape index (κ2) is 8.39. The number of nitrogens with one attached hydrogen (secondary N) is 1. The summed E-state index contributed by atoms with van der Waals surface area (Å²) in [4.78, 5) is 12.9. The smallest absolute Gasteiger partial charge is 0.223 e. The maximum absolute atomic E-state index is 15.3. The molecule has 2 saturated heterocycles. The Kier molecular flexibility index (Phi) is 4.90. The van der Waals surface area contributed by atoms with Crippen LogP contribution in [-0.2, 0) is 15.1 Å². The number of imidazole rings is 1. The number of hydrogen-bond donors (Lipinski definition) is 3. The van der Waals surface area contributed by atoms with Gasteiger partial charge in [0.25, 0.3) is 0 Å². The molecule has 34 heavy (non-hydrogen) atoms. The monoisotopic (exact) mass is 494 g/mol. The highest BCUT2D eigenvalue weighted by atomic mass is 35.5. The van der Waals surface area contributed by atoms with E-state index in [2.05, 4.69) is 20.3 Å². The molecule has 0 unspecified atom stereocenters. The van der Waals surface area contributed by atoms with Gasteiger partial charge in [-0.05, 0) is 39.8 Å². The van der Waals surface area contributed by atoms with Crippen molar-refractivity contribution >= 4 is 28.6 Å². The minimum atomic E-state index is -2.25. The Morgan fingerprint density at radius 2 is 2.12 bits per heavy atom. The Morgan fingerprint density at radius 1 is 1.35 bits per heavy atom. The summed E-state index contributed by atoms with van der Waals surface area (Å²) in [7, 11) is 0. The molecule has 0 aliphatic carbocycles. The Labute approximate surface area is 205 Å². The average molecular weight is 495 g/mol. The minimum Gasteiger partial charge on any atom is -0.388 e. The van der Waals surface area contributed by atoms with E-state index < -0.39 is 48.9 Å². The Morgan fingerprint density at radius 3 is 2.82 bits per heavy atom. The molecule has 9 nitrogen and oxygen atoms in total. The third-order valence-corrected chi connectivity index (χ3v) is 6.03. The summed E-state index contributed by atoms with van der Waals surface area (Å²) in [5, 5.41) is 24.3. The molecule has 5 rings (SSSR count). The van der Waals surface area contributed by atoms with Crippen LogP contribution in [0.4, 0.5) is 10.3 Å². The van der Waals surface area contributed by atoms with Crippen molar-refractivity contribution in [3.05, 3.63) is 35.0 Å². The van der Waals surface area contributed by atoms with E-state index in [9.17, 15) is 10.2 Å². The number of benzene rings is 1. The summed E-state index contributed by atoms with van der Waals surface area (Å²) in [5.74, 6) is -0.308. The molecule has 2 aromatic heterocycles. The van der Waals surface area contributed by atoms with E-state index in [0.29, 0.717) is 16.9 Å². The van der Waals surface area contributed by atoms with Crippen LogP contribution in [0.15, 0.2) is 18.3 Å². The van der Waals surface area contributed by atoms with Crippen LogP contribution in [0.2, 0.25) is 5.02 Å². The fraction of sp³-hybridized carbons (Fsp3) is 0.522. The van der Waals surface area contributed by atoms with Crippen molar-refractivity contribution in [2.24, 2.45) is 0 Å². The zero-order valence-electron chi connectivity index (χ0n) is 22.0. The molecular formula is C23H27ClFN5O4. The van der Waals surface area contributed by atoms with Gasteiger partial charge >= 0.3 is 0 Å². The van der Waals surface area contributed by atoms with Crippen LogP contribution in [0.1, 0.15) is 50.1 Å². The van der Waals surface area contributed by atoms with E-state index in [1.807, 2.05) is 13.8 Å². The molecule has 0 amide bonds. The number of rotatable bonds is 5. The lowest BCUT2D eigenvalue weighted by atomic mass is 10.0. The van der Waals surface area contributed by atoms with Gasteiger partial charge in [-0.15, -0.1) is 0 Å². The van der Waals surface area contributed by atoms with E-state index in [0.717, 1.165) is 0 Å². The molecule has 5 atom stereocenters. The normalized spacial score (nSPS) is 29.8. The van der Waals surface area contributed by atoms with Crippen LogP contribution in [0.5, 0.6) is 0 Å². The van der Waals surface area contributed by atoms with E-state index in [1.54, 1.807) is 24.5 Å². The molecule has 2 aliphatic heterocycles. The van der Waals surface area contributed by atoms with E-state index in [-0.39, 0.29) is 28.2 Å². The first-order valence-electron chi connectivity index (χ1n) is 12.4. The van der Waals surface area contributed by atoms with Crippen molar-refractivity contribution in [2.75, 3.05) is 11.9 Å². The zero-order chi connectivity index (χ0) is 27.0. The van der Waals surface area contributed by atoms with E-state index in [1.165, 1.54) is 12.3 Å². The molecule has 3 N–H and O–H groups in total. The molecule has 4 heterocycles. The van der Waals surface area contributed by atoms with Crippen LogP contribution >= 0.6 is 11.6 Å². The molecule has 1 aromatic carbocycles. The third-order valence-electron chi connectivity index (χ3n) is 5.75. The number of halogens is 2. The Balaban J connectivity index is 1.55. The summed E-state index contributed by atoms with van der Waals surface area (Å²) in [6.45, 7) is 4.71. The zero-order valence-corrected chi connectivity index (χ0v) is 19.7. The van der Waals surface area contributed by atoms with Gasteiger partial charge in [-0.2, -0.15) is 0 Å². The maximum Gasteiger partial charge on any atom is 0.223 e.